The number of amidine groups is 1. The smallest absolute Gasteiger partial charge is 0.416 e. The van der Waals surface area contributed by atoms with Crippen molar-refractivity contribution in [3.8, 4) is 0 Å². The second kappa shape index (κ2) is 6.08. The number of aliphatic hydroxyl groups excluding tert-OH is 1. The van der Waals surface area contributed by atoms with Crippen LogP contribution in [0.5, 0.6) is 0 Å². The molecule has 1 aliphatic heterocycles. The van der Waals surface area contributed by atoms with Crippen LogP contribution in [0.15, 0.2) is 40.6 Å². The van der Waals surface area contributed by atoms with E-state index < -0.39 is 17.6 Å². The maximum absolute atomic E-state index is 12.5. The molecule has 5 nitrogen and oxygen atoms in total. The molecule has 0 radical (unpaired) electrons. The molecule has 118 valence electrons. The minimum absolute atomic E-state index is 0.0302. The molecule has 22 heavy (non-hydrogen) atoms. The van der Waals surface area contributed by atoms with Crippen LogP contribution in [0.3, 0.4) is 0 Å². The molecule has 1 aromatic carbocycles. The molecule has 0 aromatic heterocycles. The second-order valence-corrected chi connectivity index (χ2v) is 4.65. The second-order valence-electron chi connectivity index (χ2n) is 4.65. The third kappa shape index (κ3) is 3.57. The molecule has 0 saturated heterocycles. The number of carbonyl (C=O) groups is 1. The summed E-state index contributed by atoms with van der Waals surface area (Å²) in [5, 5.41) is 14.9. The Balaban J connectivity index is 2.16. The number of rotatable bonds is 3. The lowest BCUT2D eigenvalue weighted by atomic mass is 10.1. The predicted molar refractivity (Wildman–Crippen MR) is 75.7 cm³/mol. The lowest BCUT2D eigenvalue weighted by molar-refractivity contribution is -0.137. The third-order valence-electron chi connectivity index (χ3n) is 2.97. The summed E-state index contributed by atoms with van der Waals surface area (Å²) >= 11 is 0. The average Bonchev–Trinajstić information content (AvgIpc) is 2.91. The van der Waals surface area contributed by atoms with Gasteiger partial charge in [0.1, 0.15) is 17.2 Å². The van der Waals surface area contributed by atoms with E-state index in [4.69, 9.17) is 0 Å². The molecule has 0 saturated carbocycles. The van der Waals surface area contributed by atoms with E-state index in [1.807, 2.05) is 0 Å². The van der Waals surface area contributed by atoms with Crippen molar-refractivity contribution in [2.45, 2.75) is 13.1 Å². The van der Waals surface area contributed by atoms with Crippen LogP contribution < -0.4 is 10.6 Å². The van der Waals surface area contributed by atoms with Crippen molar-refractivity contribution < 1.29 is 23.1 Å². The van der Waals surface area contributed by atoms with Gasteiger partial charge in [-0.25, -0.2) is 0 Å². The lowest BCUT2D eigenvalue weighted by Gasteiger charge is -2.11. The van der Waals surface area contributed by atoms with Gasteiger partial charge < -0.3 is 15.7 Å². The van der Waals surface area contributed by atoms with Crippen LogP contribution in [0.4, 0.5) is 18.9 Å². The molecule has 0 unspecified atom stereocenters. The van der Waals surface area contributed by atoms with Crippen molar-refractivity contribution in [2.75, 3.05) is 18.4 Å². The molecule has 0 atom stereocenters. The van der Waals surface area contributed by atoms with E-state index in [0.717, 1.165) is 24.3 Å². The Morgan fingerprint density at radius 3 is 2.41 bits per heavy atom. The van der Waals surface area contributed by atoms with E-state index in [9.17, 15) is 23.1 Å². The van der Waals surface area contributed by atoms with Crippen molar-refractivity contribution in [2.24, 2.45) is 4.99 Å². The van der Waals surface area contributed by atoms with Crippen LogP contribution in [-0.4, -0.2) is 29.9 Å². The molecule has 1 heterocycles. The monoisotopic (exact) mass is 313 g/mol. The first kappa shape index (κ1) is 15.9. The Bertz CT molecular complexity index is 630. The number of aliphatic imine (C=N–C) groups is 1. The molecule has 8 heteroatoms. The maximum atomic E-state index is 12.5. The minimum Gasteiger partial charge on any atom is -0.512 e. The SMILES string of the molecule is C/C(O)=C(/C(=O)Nc1ccc(C(F)(F)F)cc1)C1=NCCN1. The topological polar surface area (TPSA) is 73.7 Å². The Labute approximate surface area is 124 Å². The summed E-state index contributed by atoms with van der Waals surface area (Å²) in [5.74, 6) is -0.602. The summed E-state index contributed by atoms with van der Waals surface area (Å²) in [5.41, 5.74) is -0.644. The van der Waals surface area contributed by atoms with Gasteiger partial charge in [-0.15, -0.1) is 0 Å². The van der Waals surface area contributed by atoms with Gasteiger partial charge in [0.25, 0.3) is 5.91 Å². The average molecular weight is 313 g/mol. The first-order valence-corrected chi connectivity index (χ1v) is 6.46. The van der Waals surface area contributed by atoms with Crippen LogP contribution in [0.25, 0.3) is 0 Å². The van der Waals surface area contributed by atoms with E-state index in [-0.39, 0.29) is 22.9 Å². The zero-order valence-corrected chi connectivity index (χ0v) is 11.7. The quantitative estimate of drug-likeness (QED) is 0.593. The van der Waals surface area contributed by atoms with Crippen LogP contribution in [0.1, 0.15) is 12.5 Å². The number of allylic oxidation sites excluding steroid dienone is 1. The maximum Gasteiger partial charge on any atom is 0.416 e. The minimum atomic E-state index is -4.43. The van der Waals surface area contributed by atoms with E-state index in [1.165, 1.54) is 6.92 Å². The highest BCUT2D eigenvalue weighted by molar-refractivity contribution is 6.25. The molecular weight excluding hydrogens is 299 g/mol. The Morgan fingerprint density at radius 2 is 1.95 bits per heavy atom. The van der Waals surface area contributed by atoms with Gasteiger partial charge in [-0.05, 0) is 31.2 Å². The number of nitrogens with zero attached hydrogens (tertiary/aromatic N) is 1. The molecule has 2 rings (SSSR count). The fraction of sp³-hybridized carbons (Fsp3) is 0.286. The van der Waals surface area contributed by atoms with Crippen LogP contribution in [0, 0.1) is 0 Å². The molecule has 0 aliphatic carbocycles. The number of carbonyl (C=O) groups excluding carboxylic acids is 1. The van der Waals surface area contributed by atoms with Gasteiger partial charge in [-0.2, -0.15) is 13.2 Å². The molecule has 1 amide bonds. The number of amides is 1. The van der Waals surface area contributed by atoms with Gasteiger partial charge in [0.05, 0.1) is 12.1 Å². The standard InChI is InChI=1S/C14H14F3N3O2/c1-8(21)11(12-18-6-7-19-12)13(22)20-10-4-2-9(3-5-10)14(15,16)17/h2-5,21H,6-7H2,1H3,(H,18,19)(H,20,22)/b11-8-. The molecule has 0 fully saturated rings. The number of benzene rings is 1. The molecule has 1 aromatic rings. The van der Waals surface area contributed by atoms with Crippen LogP contribution in [-0.2, 0) is 11.0 Å². The van der Waals surface area contributed by atoms with Gasteiger partial charge in [-0.3, -0.25) is 9.79 Å². The third-order valence-corrected chi connectivity index (χ3v) is 2.97. The Hall–Kier alpha value is -2.51. The van der Waals surface area contributed by atoms with Crippen molar-refractivity contribution >= 4 is 17.4 Å². The summed E-state index contributed by atoms with van der Waals surface area (Å²) in [6, 6.07) is 4.04. The number of nitrogens with one attached hydrogen (secondary N) is 2. The predicted octanol–water partition coefficient (Wildman–Crippen LogP) is 2.48. The van der Waals surface area contributed by atoms with E-state index in [0.29, 0.717) is 13.1 Å². The number of hydrogen-bond acceptors (Lipinski definition) is 4. The van der Waals surface area contributed by atoms with E-state index in [2.05, 4.69) is 15.6 Å². The van der Waals surface area contributed by atoms with Crippen molar-refractivity contribution in [3.63, 3.8) is 0 Å². The molecule has 0 bridgehead atoms. The fourth-order valence-electron chi connectivity index (χ4n) is 1.94. The molecular formula is C14H14F3N3O2. The van der Waals surface area contributed by atoms with E-state index in [1.54, 1.807) is 0 Å². The van der Waals surface area contributed by atoms with Crippen LogP contribution >= 0.6 is 0 Å². The molecule has 0 spiro atoms. The summed E-state index contributed by atoms with van der Waals surface area (Å²) in [7, 11) is 0. The van der Waals surface area contributed by atoms with Crippen molar-refractivity contribution in [1.82, 2.24) is 5.32 Å². The summed E-state index contributed by atoms with van der Waals surface area (Å²) < 4.78 is 37.4. The van der Waals surface area contributed by atoms with Gasteiger partial charge >= 0.3 is 6.18 Å². The number of aliphatic hydroxyl groups is 1. The number of hydrogen-bond donors (Lipinski definition) is 3. The van der Waals surface area contributed by atoms with Crippen molar-refractivity contribution in [1.29, 1.82) is 0 Å². The highest BCUT2D eigenvalue weighted by atomic mass is 19.4. The van der Waals surface area contributed by atoms with E-state index >= 15 is 0 Å². The van der Waals surface area contributed by atoms with Gasteiger partial charge in [0.15, 0.2) is 0 Å². The highest BCUT2D eigenvalue weighted by Gasteiger charge is 2.30. The lowest BCUT2D eigenvalue weighted by Crippen LogP contribution is -2.29. The molecule has 1 aliphatic rings. The normalized spacial score (nSPS) is 15.7. The summed E-state index contributed by atoms with van der Waals surface area (Å²) in [6.45, 7) is 2.38. The number of halogens is 3. The largest absolute Gasteiger partial charge is 0.512 e. The number of alkyl halides is 3. The summed E-state index contributed by atoms with van der Waals surface area (Å²) in [6.07, 6.45) is -4.43. The zero-order valence-electron chi connectivity index (χ0n) is 11.7. The first-order valence-electron chi connectivity index (χ1n) is 6.46. The summed E-state index contributed by atoms with van der Waals surface area (Å²) in [4.78, 5) is 16.2. The van der Waals surface area contributed by atoms with Gasteiger partial charge in [-0.1, -0.05) is 0 Å². The number of anilines is 1. The zero-order chi connectivity index (χ0) is 16.3. The molecule has 3 N–H and O–H groups in total. The first-order chi connectivity index (χ1) is 10.3. The fourth-order valence-corrected chi connectivity index (χ4v) is 1.94. The Morgan fingerprint density at radius 1 is 1.32 bits per heavy atom. The van der Waals surface area contributed by atoms with Gasteiger partial charge in [0, 0.05) is 12.2 Å². The van der Waals surface area contributed by atoms with Crippen LogP contribution in [0.2, 0.25) is 0 Å². The van der Waals surface area contributed by atoms with Gasteiger partial charge in [0.2, 0.25) is 0 Å². The Kier molecular flexibility index (Phi) is 4.39. The van der Waals surface area contributed by atoms with Crippen molar-refractivity contribution in [3.05, 3.63) is 41.2 Å². The highest BCUT2D eigenvalue weighted by Crippen LogP contribution is 2.29.